The van der Waals surface area contributed by atoms with Crippen molar-refractivity contribution in [1.82, 2.24) is 19.1 Å². The number of aromatic nitrogens is 4. The molecular weight excluding hydrogens is 1080 g/mol. The van der Waals surface area contributed by atoms with Crippen molar-refractivity contribution < 1.29 is 66.7 Å². The van der Waals surface area contributed by atoms with Crippen molar-refractivity contribution in [2.45, 2.75) is 137 Å². The highest BCUT2D eigenvalue weighted by Crippen LogP contribution is 2.45. The van der Waals surface area contributed by atoms with Crippen LogP contribution in [0.15, 0.2) is 58.1 Å². The zero-order valence-electron chi connectivity index (χ0n) is 45.8. The number of unbranched alkanes of at least 4 members (excludes halogenated alkanes) is 2. The number of ether oxygens (including phenoxy) is 8. The normalized spacial score (nSPS) is 17.2. The van der Waals surface area contributed by atoms with Crippen LogP contribution in [0.2, 0.25) is 0 Å². The molecule has 4 aliphatic rings. The number of hydrogen-bond donors (Lipinski definition) is 0. The molecule has 0 aliphatic carbocycles. The number of fused-ring (bicyclic) bond motifs is 10. The molecule has 22 heteroatoms. The van der Waals surface area contributed by atoms with Gasteiger partial charge in [0.2, 0.25) is 11.2 Å². The second-order valence-electron chi connectivity index (χ2n) is 19.8. The lowest BCUT2D eigenvalue weighted by molar-refractivity contribution is -0.175. The van der Waals surface area contributed by atoms with Crippen LogP contribution >= 0.6 is 21.6 Å². The second-order valence-corrected chi connectivity index (χ2v) is 22.5. The minimum absolute atomic E-state index is 0.0673. The molecule has 0 unspecified atom stereocenters. The lowest BCUT2D eigenvalue weighted by Crippen LogP contribution is -2.47. The van der Waals surface area contributed by atoms with Gasteiger partial charge in [0.1, 0.15) is 37.9 Å². The van der Waals surface area contributed by atoms with Crippen LogP contribution < -0.4 is 20.6 Å². The van der Waals surface area contributed by atoms with E-state index in [0.29, 0.717) is 64.6 Å². The third-order valence-electron chi connectivity index (χ3n) is 15.3. The maximum absolute atomic E-state index is 14.3. The van der Waals surface area contributed by atoms with Gasteiger partial charge in [0, 0.05) is 57.4 Å². The zero-order chi connectivity index (χ0) is 57.3. The Morgan fingerprint density at radius 2 is 1.05 bits per heavy atom. The minimum Gasteiger partial charge on any atom is -0.457 e. The Morgan fingerprint density at radius 3 is 1.47 bits per heavy atom. The number of cyclic esters (lactones) is 2. The number of benzene rings is 2. The van der Waals surface area contributed by atoms with Crippen molar-refractivity contribution in [1.29, 1.82) is 0 Å². The van der Waals surface area contributed by atoms with Gasteiger partial charge in [0.15, 0.2) is 0 Å². The Hall–Kier alpha value is -7.72. The third-order valence-corrected chi connectivity index (χ3v) is 17.6. The Bertz CT molecular complexity index is 3720. The predicted molar refractivity (Wildman–Crippen MR) is 299 cm³/mol. The average molecular weight is 1150 g/mol. The quantitative estimate of drug-likeness (QED) is 0.0226. The number of esters is 4. The summed E-state index contributed by atoms with van der Waals surface area (Å²) in [5, 5.41) is 1.58. The molecule has 0 saturated carbocycles. The van der Waals surface area contributed by atoms with E-state index in [-0.39, 0.29) is 104 Å². The van der Waals surface area contributed by atoms with E-state index in [2.05, 4.69) is 6.92 Å². The van der Waals surface area contributed by atoms with Gasteiger partial charge in [-0.25, -0.2) is 29.1 Å². The summed E-state index contributed by atoms with van der Waals surface area (Å²) in [5.41, 5.74) is 2.68. The van der Waals surface area contributed by atoms with Crippen LogP contribution in [0.3, 0.4) is 0 Å². The summed E-state index contributed by atoms with van der Waals surface area (Å²) in [6.45, 7) is 10.6. The van der Waals surface area contributed by atoms with Gasteiger partial charge in [-0.15, -0.1) is 0 Å². The Balaban J connectivity index is 0.754. The molecule has 0 radical (unpaired) electrons. The lowest BCUT2D eigenvalue weighted by atomic mass is 9.85. The van der Waals surface area contributed by atoms with Crippen LogP contribution in [0, 0.1) is 0 Å². The zero-order valence-corrected chi connectivity index (χ0v) is 47.4. The van der Waals surface area contributed by atoms with Crippen LogP contribution in [0.1, 0.15) is 131 Å². The fourth-order valence-electron chi connectivity index (χ4n) is 11.2. The molecule has 4 aromatic heterocycles. The Morgan fingerprint density at radius 1 is 0.593 bits per heavy atom. The van der Waals surface area contributed by atoms with Gasteiger partial charge in [0.05, 0.1) is 58.0 Å². The summed E-state index contributed by atoms with van der Waals surface area (Å²) in [6.07, 6.45) is 1.95. The van der Waals surface area contributed by atoms with E-state index in [4.69, 9.17) is 47.9 Å². The molecule has 0 saturated heterocycles. The molecule has 0 N–H and O–H groups in total. The summed E-state index contributed by atoms with van der Waals surface area (Å²) >= 11 is 0. The number of nitrogens with zero attached hydrogens (tertiary/aromatic N) is 4. The first-order valence-electron chi connectivity index (χ1n) is 27.3. The van der Waals surface area contributed by atoms with Gasteiger partial charge in [-0.1, -0.05) is 76.0 Å². The van der Waals surface area contributed by atoms with Crippen LogP contribution in [0.4, 0.5) is 9.59 Å². The smallest absolute Gasteiger partial charge is 0.457 e. The minimum atomic E-state index is -1.99. The number of pyridine rings is 4. The summed E-state index contributed by atoms with van der Waals surface area (Å²) in [7, 11) is 2.60. The predicted octanol–water partition coefficient (Wildman–Crippen LogP) is 9.80. The van der Waals surface area contributed by atoms with Crippen molar-refractivity contribution in [3.05, 3.63) is 114 Å². The number of aryl methyl sites for hydroxylation is 2. The number of hydrogen-bond acceptors (Lipinski definition) is 20. The highest BCUT2D eigenvalue weighted by molar-refractivity contribution is 8.76. The molecule has 424 valence electrons. The Labute approximate surface area is 472 Å². The molecule has 10 rings (SSSR count). The molecule has 81 heavy (non-hydrogen) atoms. The van der Waals surface area contributed by atoms with Crippen molar-refractivity contribution in [3.8, 4) is 34.3 Å². The van der Waals surface area contributed by atoms with Gasteiger partial charge in [-0.2, -0.15) is 0 Å². The lowest BCUT2D eigenvalue weighted by Gasteiger charge is -2.35. The summed E-state index contributed by atoms with van der Waals surface area (Å²) in [5.74, 6) is -1.04. The molecule has 2 atom stereocenters. The summed E-state index contributed by atoms with van der Waals surface area (Å²) in [4.78, 5) is 117. The standard InChI is InChI=1S/C59H60N4O16S2/c1-7-13-14-15-49(65)77-33-17-19-45-37(25-33)35(9-3)39-29-63-47(51(39)61-45)27-43-41(53(63)67)31-75-55(69)59(43,12-6)79-57(71)73-21-23-81-80-22-20-72-56(70)78-58(11-5)42-26-46-50-38(28-62(46)52(66)40(42)30-74-54(58)68)34(8-2)36-24-32(76-48(64)10-4)16-18-44(36)60-50/h16-19,24-27H,7-15,20-23,28-31H2,1-6H3/t58-,59-/m0/s1. The molecule has 4 aliphatic heterocycles. The van der Waals surface area contributed by atoms with Crippen LogP contribution in [0.25, 0.3) is 44.6 Å². The van der Waals surface area contributed by atoms with Crippen molar-refractivity contribution in [2.24, 2.45) is 0 Å². The largest absolute Gasteiger partial charge is 0.509 e. The van der Waals surface area contributed by atoms with Crippen molar-refractivity contribution in [3.63, 3.8) is 0 Å². The highest BCUT2D eigenvalue weighted by atomic mass is 33.1. The van der Waals surface area contributed by atoms with E-state index < -0.39 is 46.6 Å². The van der Waals surface area contributed by atoms with E-state index in [1.165, 1.54) is 21.6 Å². The molecule has 0 spiro atoms. The van der Waals surface area contributed by atoms with E-state index in [1.54, 1.807) is 78.4 Å². The van der Waals surface area contributed by atoms with E-state index in [9.17, 15) is 38.4 Å². The third kappa shape index (κ3) is 10.3. The van der Waals surface area contributed by atoms with E-state index in [0.717, 1.165) is 52.3 Å². The average Bonchev–Trinajstić information content (AvgIpc) is 2.87. The first kappa shape index (κ1) is 56.6. The SMILES string of the molecule is CCCCCC(=O)Oc1ccc2nc3c(c(CC)c2c1)Cn1c-3cc2c(c1=O)COC(=O)[C@@]2(CC)OC(=O)OCCSSCCOC(=O)O[C@]1(CC)C(=O)OCc2c1cc1n(c2=O)Cc2c-1nc1ccc(OC(=O)CC)cc1c2CC. The highest BCUT2D eigenvalue weighted by Gasteiger charge is 2.52. The van der Waals surface area contributed by atoms with E-state index in [1.807, 2.05) is 13.8 Å². The number of carbonyl (C=O) groups excluding carboxylic acids is 6. The van der Waals surface area contributed by atoms with Crippen LogP contribution in [-0.2, 0) is 97.9 Å². The first-order chi connectivity index (χ1) is 39.1. The topological polar surface area (TPSA) is 246 Å². The molecule has 0 amide bonds. The van der Waals surface area contributed by atoms with Gasteiger partial charge in [-0.05, 0) is 91.8 Å². The monoisotopic (exact) mass is 1140 g/mol. The second kappa shape index (κ2) is 23.4. The summed E-state index contributed by atoms with van der Waals surface area (Å²) in [6, 6.07) is 13.8. The fraction of sp³-hybridized carbons (Fsp3) is 0.424. The maximum Gasteiger partial charge on any atom is 0.509 e. The van der Waals surface area contributed by atoms with Gasteiger partial charge in [0.25, 0.3) is 11.1 Å². The first-order valence-corrected chi connectivity index (χ1v) is 29.8. The maximum atomic E-state index is 14.3. The molecule has 0 bridgehead atoms. The molecule has 8 heterocycles. The van der Waals surface area contributed by atoms with Gasteiger partial charge < -0.3 is 47.0 Å². The Kier molecular flexibility index (Phi) is 16.3. The number of rotatable bonds is 20. The molecule has 20 nitrogen and oxygen atoms in total. The van der Waals surface area contributed by atoms with E-state index >= 15 is 0 Å². The number of carbonyl (C=O) groups is 6. The van der Waals surface area contributed by atoms with Crippen LogP contribution in [-0.4, -0.2) is 80.0 Å². The van der Waals surface area contributed by atoms with Crippen LogP contribution in [0.5, 0.6) is 11.5 Å². The van der Waals surface area contributed by atoms with Crippen molar-refractivity contribution >= 4 is 79.6 Å². The molecule has 0 fully saturated rings. The van der Waals surface area contributed by atoms with Gasteiger partial charge >= 0.3 is 36.2 Å². The molecule has 6 aromatic rings. The molecule has 2 aromatic carbocycles. The van der Waals surface area contributed by atoms with Gasteiger partial charge in [-0.3, -0.25) is 19.2 Å². The van der Waals surface area contributed by atoms with Crippen molar-refractivity contribution in [2.75, 3.05) is 24.7 Å². The fourth-order valence-corrected chi connectivity index (χ4v) is 12.9. The summed E-state index contributed by atoms with van der Waals surface area (Å²) < 4.78 is 47.8. The molecular formula is C59H60N4O16S2.